The first-order valence-electron chi connectivity index (χ1n) is 6.48. The van der Waals surface area contributed by atoms with Crippen LogP contribution in [0.5, 0.6) is 0 Å². The molecule has 3 N–H and O–H groups in total. The number of carbonyl (C=O) groups is 2. The van der Waals surface area contributed by atoms with Crippen molar-refractivity contribution in [3.63, 3.8) is 0 Å². The quantitative estimate of drug-likeness (QED) is 0.507. The van der Waals surface area contributed by atoms with Gasteiger partial charge in [-0.1, -0.05) is 0 Å². The van der Waals surface area contributed by atoms with Gasteiger partial charge in [0.2, 0.25) is 11.8 Å². The highest BCUT2D eigenvalue weighted by Crippen LogP contribution is 2.07. The normalized spacial score (nSPS) is 18.6. The molecule has 1 heterocycles. The molecule has 1 aliphatic rings. The minimum Gasteiger partial charge on any atom is -0.383 e. The molecule has 2 amide bonds. The largest absolute Gasteiger partial charge is 0.383 e. The Bertz CT molecular complexity index is 265. The second-order valence-corrected chi connectivity index (χ2v) is 4.44. The van der Waals surface area contributed by atoms with Crippen LogP contribution in [0.1, 0.15) is 25.7 Å². The first-order valence-corrected chi connectivity index (χ1v) is 6.48. The molecule has 1 saturated heterocycles. The van der Waals surface area contributed by atoms with E-state index in [1.165, 1.54) is 0 Å². The molecule has 6 heteroatoms. The average molecular weight is 257 g/mol. The molecule has 0 aromatic carbocycles. The van der Waals surface area contributed by atoms with E-state index in [4.69, 9.17) is 4.74 Å². The molecule has 0 bridgehead atoms. The van der Waals surface area contributed by atoms with Crippen LogP contribution in [0, 0.1) is 0 Å². The standard InChI is InChI=1S/C12H23N3O3/c1-18-8-7-15-11(16)4-6-14-12(17)9-10-3-2-5-13-10/h10,13H,2-9H2,1H3,(H,14,17)(H,15,16). The fourth-order valence-electron chi connectivity index (χ4n) is 1.92. The summed E-state index contributed by atoms with van der Waals surface area (Å²) in [5, 5.41) is 8.73. The van der Waals surface area contributed by atoms with Crippen LogP contribution in [0.2, 0.25) is 0 Å². The number of nitrogens with one attached hydrogen (secondary N) is 3. The van der Waals surface area contributed by atoms with E-state index in [-0.39, 0.29) is 11.8 Å². The molecule has 0 aromatic rings. The minimum atomic E-state index is -0.0636. The van der Waals surface area contributed by atoms with Crippen LogP contribution in [0.4, 0.5) is 0 Å². The molecule has 1 aliphatic heterocycles. The molecular weight excluding hydrogens is 234 g/mol. The molecule has 6 nitrogen and oxygen atoms in total. The zero-order valence-electron chi connectivity index (χ0n) is 11.0. The number of amides is 2. The highest BCUT2D eigenvalue weighted by Gasteiger charge is 2.17. The van der Waals surface area contributed by atoms with Crippen molar-refractivity contribution in [1.29, 1.82) is 0 Å². The third-order valence-corrected chi connectivity index (χ3v) is 2.90. The van der Waals surface area contributed by atoms with Crippen LogP contribution >= 0.6 is 0 Å². The smallest absolute Gasteiger partial charge is 0.221 e. The maximum Gasteiger partial charge on any atom is 0.221 e. The van der Waals surface area contributed by atoms with Crippen LogP contribution in [0.3, 0.4) is 0 Å². The number of ether oxygens (including phenoxy) is 1. The Hall–Kier alpha value is -1.14. The van der Waals surface area contributed by atoms with Crippen molar-refractivity contribution in [2.45, 2.75) is 31.7 Å². The summed E-state index contributed by atoms with van der Waals surface area (Å²) >= 11 is 0. The Balaban J connectivity index is 1.98. The van der Waals surface area contributed by atoms with E-state index in [0.717, 1.165) is 19.4 Å². The van der Waals surface area contributed by atoms with E-state index < -0.39 is 0 Å². The van der Waals surface area contributed by atoms with Crippen LogP contribution < -0.4 is 16.0 Å². The van der Waals surface area contributed by atoms with Crippen LogP contribution in [0.15, 0.2) is 0 Å². The van der Waals surface area contributed by atoms with Gasteiger partial charge < -0.3 is 20.7 Å². The number of rotatable bonds is 8. The monoisotopic (exact) mass is 257 g/mol. The van der Waals surface area contributed by atoms with Gasteiger partial charge in [0.1, 0.15) is 0 Å². The van der Waals surface area contributed by atoms with Gasteiger partial charge in [-0.3, -0.25) is 9.59 Å². The second kappa shape index (κ2) is 8.88. The Morgan fingerprint density at radius 2 is 2.06 bits per heavy atom. The van der Waals surface area contributed by atoms with E-state index in [1.807, 2.05) is 0 Å². The molecule has 1 rings (SSSR count). The average Bonchev–Trinajstić information content (AvgIpc) is 2.82. The molecular formula is C12H23N3O3. The maximum atomic E-state index is 11.5. The van der Waals surface area contributed by atoms with E-state index in [0.29, 0.717) is 38.6 Å². The predicted molar refractivity (Wildman–Crippen MR) is 68.2 cm³/mol. The Labute approximate surface area is 108 Å². The number of hydrogen-bond acceptors (Lipinski definition) is 4. The van der Waals surface area contributed by atoms with Gasteiger partial charge in [0.15, 0.2) is 0 Å². The summed E-state index contributed by atoms with van der Waals surface area (Å²) in [5.41, 5.74) is 0. The highest BCUT2D eigenvalue weighted by atomic mass is 16.5. The van der Waals surface area contributed by atoms with E-state index in [2.05, 4.69) is 16.0 Å². The van der Waals surface area contributed by atoms with E-state index in [9.17, 15) is 9.59 Å². The molecule has 1 atom stereocenters. The third kappa shape index (κ3) is 6.56. The fourth-order valence-corrected chi connectivity index (χ4v) is 1.92. The van der Waals surface area contributed by atoms with Gasteiger partial charge in [0.25, 0.3) is 0 Å². The van der Waals surface area contributed by atoms with Crippen molar-refractivity contribution in [3.8, 4) is 0 Å². The topological polar surface area (TPSA) is 79.5 Å². The summed E-state index contributed by atoms with van der Waals surface area (Å²) in [6.07, 6.45) is 3.02. The fraction of sp³-hybridized carbons (Fsp3) is 0.833. The Morgan fingerprint density at radius 1 is 1.28 bits per heavy atom. The first kappa shape index (κ1) is 14.9. The summed E-state index contributed by atoms with van der Waals surface area (Å²) < 4.78 is 4.82. The van der Waals surface area contributed by atoms with Crippen molar-refractivity contribution >= 4 is 11.8 Å². The van der Waals surface area contributed by atoms with Crippen LogP contribution in [-0.4, -0.2) is 51.2 Å². The molecule has 0 aliphatic carbocycles. The first-order chi connectivity index (χ1) is 8.72. The van der Waals surface area contributed by atoms with E-state index in [1.54, 1.807) is 7.11 Å². The molecule has 18 heavy (non-hydrogen) atoms. The highest BCUT2D eigenvalue weighted by molar-refractivity contribution is 5.79. The molecule has 1 fully saturated rings. The molecule has 104 valence electrons. The molecule has 0 radical (unpaired) electrons. The summed E-state index contributed by atoms with van der Waals surface area (Å²) in [6.45, 7) is 2.41. The number of carbonyl (C=O) groups excluding carboxylic acids is 2. The van der Waals surface area contributed by atoms with Crippen molar-refractivity contribution in [3.05, 3.63) is 0 Å². The molecule has 0 aromatic heterocycles. The van der Waals surface area contributed by atoms with Gasteiger partial charge in [-0.2, -0.15) is 0 Å². The molecule has 0 saturated carbocycles. The van der Waals surface area contributed by atoms with Gasteiger partial charge in [0, 0.05) is 39.1 Å². The lowest BCUT2D eigenvalue weighted by molar-refractivity contribution is -0.122. The lowest BCUT2D eigenvalue weighted by atomic mass is 10.1. The number of hydrogen-bond donors (Lipinski definition) is 3. The summed E-state index contributed by atoms with van der Waals surface area (Å²) in [5.74, 6) is -0.0505. The molecule has 1 unspecified atom stereocenters. The third-order valence-electron chi connectivity index (χ3n) is 2.90. The van der Waals surface area contributed by atoms with Crippen molar-refractivity contribution in [2.75, 3.05) is 33.4 Å². The zero-order valence-corrected chi connectivity index (χ0v) is 11.0. The zero-order chi connectivity index (χ0) is 13.2. The lowest BCUT2D eigenvalue weighted by Crippen LogP contribution is -2.35. The Morgan fingerprint density at radius 3 is 2.72 bits per heavy atom. The second-order valence-electron chi connectivity index (χ2n) is 4.44. The van der Waals surface area contributed by atoms with Crippen molar-refractivity contribution in [1.82, 2.24) is 16.0 Å². The van der Waals surface area contributed by atoms with Gasteiger partial charge >= 0.3 is 0 Å². The summed E-state index contributed by atoms with van der Waals surface area (Å²) in [7, 11) is 1.59. The van der Waals surface area contributed by atoms with Gasteiger partial charge in [-0.25, -0.2) is 0 Å². The number of methoxy groups -OCH3 is 1. The molecule has 0 spiro atoms. The van der Waals surface area contributed by atoms with Gasteiger partial charge in [0.05, 0.1) is 6.61 Å². The summed E-state index contributed by atoms with van der Waals surface area (Å²) in [4.78, 5) is 22.9. The van der Waals surface area contributed by atoms with E-state index >= 15 is 0 Å². The van der Waals surface area contributed by atoms with Gasteiger partial charge in [-0.15, -0.1) is 0 Å². The van der Waals surface area contributed by atoms with Crippen molar-refractivity contribution < 1.29 is 14.3 Å². The lowest BCUT2D eigenvalue weighted by Gasteiger charge is -2.10. The van der Waals surface area contributed by atoms with Crippen LogP contribution in [-0.2, 0) is 14.3 Å². The van der Waals surface area contributed by atoms with Crippen LogP contribution in [0.25, 0.3) is 0 Å². The SMILES string of the molecule is COCCNC(=O)CCNC(=O)CC1CCCN1. The van der Waals surface area contributed by atoms with Crippen molar-refractivity contribution in [2.24, 2.45) is 0 Å². The maximum absolute atomic E-state index is 11.5. The minimum absolute atomic E-state index is 0.0130. The predicted octanol–water partition coefficient (Wildman–Crippen LogP) is -0.603. The summed E-state index contributed by atoms with van der Waals surface area (Å²) in [6, 6.07) is 0.306. The van der Waals surface area contributed by atoms with Gasteiger partial charge in [-0.05, 0) is 19.4 Å². The Kier molecular flexibility index (Phi) is 7.36.